The molecule has 1 saturated carbocycles. The summed E-state index contributed by atoms with van der Waals surface area (Å²) in [6, 6.07) is 0.666. The molecule has 0 aromatic rings. The maximum Gasteiger partial charge on any atom is 0.156 e. The Labute approximate surface area is 97.3 Å². The summed E-state index contributed by atoms with van der Waals surface area (Å²) >= 11 is 1.90. The van der Waals surface area contributed by atoms with E-state index in [2.05, 4.69) is 31.1 Å². The highest BCUT2D eigenvalue weighted by Crippen LogP contribution is 2.31. The van der Waals surface area contributed by atoms with Crippen molar-refractivity contribution in [2.24, 2.45) is 22.7 Å². The van der Waals surface area contributed by atoms with Crippen LogP contribution in [0.15, 0.2) is 4.99 Å². The van der Waals surface area contributed by atoms with Gasteiger partial charge in [0.2, 0.25) is 0 Å². The summed E-state index contributed by atoms with van der Waals surface area (Å²) in [6.07, 6.45) is 2.69. The minimum atomic E-state index is 0.666. The molecular formula is C12H22N2S. The molecule has 1 aliphatic heterocycles. The van der Waals surface area contributed by atoms with Crippen molar-refractivity contribution in [1.82, 2.24) is 5.32 Å². The molecule has 1 fully saturated rings. The first-order valence-electron chi connectivity index (χ1n) is 6.10. The lowest BCUT2D eigenvalue weighted by atomic mass is 9.98. The summed E-state index contributed by atoms with van der Waals surface area (Å²) in [5, 5.41) is 4.83. The minimum Gasteiger partial charge on any atom is -0.362 e. The van der Waals surface area contributed by atoms with E-state index >= 15 is 0 Å². The van der Waals surface area contributed by atoms with E-state index in [-0.39, 0.29) is 0 Å². The van der Waals surface area contributed by atoms with E-state index in [4.69, 9.17) is 0 Å². The van der Waals surface area contributed by atoms with Crippen LogP contribution >= 0.6 is 11.8 Å². The molecule has 0 aromatic heterocycles. The van der Waals surface area contributed by atoms with Gasteiger partial charge in [0.25, 0.3) is 0 Å². The average Bonchev–Trinajstić information content (AvgIpc) is 2.53. The fourth-order valence-corrected chi connectivity index (χ4v) is 3.32. The number of aliphatic imine (C=N–C) groups is 1. The van der Waals surface area contributed by atoms with E-state index < -0.39 is 0 Å². The van der Waals surface area contributed by atoms with Crippen molar-refractivity contribution in [3.05, 3.63) is 0 Å². The standard InChI is InChI=1S/C12H22N2S/c1-8-6-13-12(15-7-8)14-11-5-4-9(2)10(11)3/h8-11H,4-7H2,1-3H3,(H,13,14). The van der Waals surface area contributed by atoms with Crippen molar-refractivity contribution < 1.29 is 0 Å². The lowest BCUT2D eigenvalue weighted by Gasteiger charge is -2.24. The molecule has 2 rings (SSSR count). The summed E-state index contributed by atoms with van der Waals surface area (Å²) in [6.45, 7) is 8.01. The van der Waals surface area contributed by atoms with Gasteiger partial charge in [0.1, 0.15) is 0 Å². The number of rotatable bonds is 1. The highest BCUT2D eigenvalue weighted by Gasteiger charge is 2.30. The van der Waals surface area contributed by atoms with Crippen LogP contribution in [0.25, 0.3) is 0 Å². The number of amidine groups is 1. The molecule has 1 N–H and O–H groups in total. The Balaban J connectivity index is 1.87. The second kappa shape index (κ2) is 4.77. The van der Waals surface area contributed by atoms with Crippen LogP contribution in [0, 0.1) is 17.8 Å². The van der Waals surface area contributed by atoms with E-state index in [1.807, 2.05) is 11.8 Å². The molecule has 1 heterocycles. The van der Waals surface area contributed by atoms with Gasteiger partial charge in [0, 0.05) is 18.3 Å². The molecule has 0 radical (unpaired) electrons. The number of thioether (sulfide) groups is 1. The normalized spacial score (nSPS) is 41.4. The maximum atomic E-state index is 4.60. The summed E-state index contributed by atoms with van der Waals surface area (Å²) in [5.74, 6) is 3.64. The highest BCUT2D eigenvalue weighted by atomic mass is 32.2. The van der Waals surface area contributed by atoms with Crippen molar-refractivity contribution in [2.75, 3.05) is 12.3 Å². The zero-order chi connectivity index (χ0) is 10.8. The van der Waals surface area contributed by atoms with Gasteiger partial charge in [0.15, 0.2) is 5.17 Å². The molecule has 2 nitrogen and oxygen atoms in total. The van der Waals surface area contributed by atoms with Gasteiger partial charge in [-0.15, -0.1) is 0 Å². The zero-order valence-electron chi connectivity index (χ0n) is 9.99. The van der Waals surface area contributed by atoms with E-state index in [9.17, 15) is 0 Å². The lowest BCUT2D eigenvalue weighted by Crippen LogP contribution is -2.37. The quantitative estimate of drug-likeness (QED) is 0.743. The molecule has 3 heteroatoms. The molecule has 0 saturated heterocycles. The smallest absolute Gasteiger partial charge is 0.156 e. The Morgan fingerprint density at radius 2 is 2.07 bits per heavy atom. The fourth-order valence-electron chi connectivity index (χ4n) is 2.37. The molecule has 15 heavy (non-hydrogen) atoms. The number of nitrogens with one attached hydrogen (secondary N) is 1. The topological polar surface area (TPSA) is 24.4 Å². The van der Waals surface area contributed by atoms with Gasteiger partial charge in [-0.25, -0.2) is 0 Å². The van der Waals surface area contributed by atoms with E-state index in [0.717, 1.165) is 24.3 Å². The van der Waals surface area contributed by atoms with E-state index in [1.54, 1.807) is 0 Å². The zero-order valence-corrected chi connectivity index (χ0v) is 10.8. The Kier molecular flexibility index (Phi) is 3.60. The predicted molar refractivity (Wildman–Crippen MR) is 68.4 cm³/mol. The van der Waals surface area contributed by atoms with Crippen LogP contribution in [0.1, 0.15) is 33.6 Å². The van der Waals surface area contributed by atoms with Crippen LogP contribution in [0.3, 0.4) is 0 Å². The summed E-state index contributed by atoms with van der Waals surface area (Å²) < 4.78 is 0. The third-order valence-electron chi connectivity index (χ3n) is 3.83. The van der Waals surface area contributed by atoms with Crippen molar-refractivity contribution in [2.45, 2.75) is 39.7 Å². The van der Waals surface area contributed by atoms with Crippen LogP contribution in [0.2, 0.25) is 0 Å². The molecule has 0 amide bonds. The van der Waals surface area contributed by atoms with Crippen LogP contribution in [0.4, 0.5) is 0 Å². The first kappa shape index (κ1) is 11.3. The first-order valence-corrected chi connectivity index (χ1v) is 7.09. The molecule has 4 atom stereocenters. The van der Waals surface area contributed by atoms with Gasteiger partial charge >= 0.3 is 0 Å². The monoisotopic (exact) mass is 226 g/mol. The third kappa shape index (κ3) is 2.68. The summed E-state index contributed by atoms with van der Waals surface area (Å²) in [7, 11) is 0. The maximum absolute atomic E-state index is 4.60. The number of nitrogens with zero attached hydrogens (tertiary/aromatic N) is 1. The van der Waals surface area contributed by atoms with Crippen LogP contribution in [0.5, 0.6) is 0 Å². The molecular weight excluding hydrogens is 204 g/mol. The Morgan fingerprint density at radius 3 is 2.60 bits per heavy atom. The van der Waals surface area contributed by atoms with Crippen LogP contribution in [-0.2, 0) is 0 Å². The molecule has 0 aromatic carbocycles. The summed E-state index contributed by atoms with van der Waals surface area (Å²) in [5.41, 5.74) is 0. The second-order valence-electron chi connectivity index (χ2n) is 5.23. The van der Waals surface area contributed by atoms with Crippen molar-refractivity contribution >= 4 is 16.9 Å². The van der Waals surface area contributed by atoms with Gasteiger partial charge in [-0.1, -0.05) is 32.5 Å². The Hall–Kier alpha value is -0.180. The van der Waals surface area contributed by atoms with Gasteiger partial charge in [0.05, 0.1) is 0 Å². The summed E-state index contributed by atoms with van der Waals surface area (Å²) in [4.78, 5) is 4.60. The molecule has 4 unspecified atom stereocenters. The minimum absolute atomic E-state index is 0.666. The SMILES string of the molecule is CC1CN=C(NC2CCC(C)C2C)SC1. The fraction of sp³-hybridized carbons (Fsp3) is 0.917. The van der Waals surface area contributed by atoms with E-state index in [0.29, 0.717) is 6.04 Å². The van der Waals surface area contributed by atoms with E-state index in [1.165, 1.54) is 23.8 Å². The third-order valence-corrected chi connectivity index (χ3v) is 5.08. The largest absolute Gasteiger partial charge is 0.362 e. The Bertz CT molecular complexity index is 252. The van der Waals surface area contributed by atoms with Crippen molar-refractivity contribution in [3.63, 3.8) is 0 Å². The lowest BCUT2D eigenvalue weighted by molar-refractivity contribution is 0.403. The van der Waals surface area contributed by atoms with Crippen LogP contribution < -0.4 is 5.32 Å². The van der Waals surface area contributed by atoms with Gasteiger partial charge in [-0.3, -0.25) is 4.99 Å². The average molecular weight is 226 g/mol. The Morgan fingerprint density at radius 1 is 1.27 bits per heavy atom. The second-order valence-corrected chi connectivity index (χ2v) is 6.24. The van der Waals surface area contributed by atoms with Crippen LogP contribution in [-0.4, -0.2) is 23.5 Å². The first-order chi connectivity index (χ1) is 7.16. The predicted octanol–water partition coefficient (Wildman–Crippen LogP) is 2.75. The van der Waals surface area contributed by atoms with Crippen molar-refractivity contribution in [1.29, 1.82) is 0 Å². The number of hydrogen-bond acceptors (Lipinski definition) is 3. The van der Waals surface area contributed by atoms with Crippen molar-refractivity contribution in [3.8, 4) is 0 Å². The molecule has 0 spiro atoms. The number of hydrogen-bond donors (Lipinski definition) is 1. The van der Waals surface area contributed by atoms with Gasteiger partial charge < -0.3 is 5.32 Å². The molecule has 2 aliphatic rings. The molecule has 86 valence electrons. The van der Waals surface area contributed by atoms with Gasteiger partial charge in [-0.05, 0) is 30.6 Å². The molecule has 0 bridgehead atoms. The molecule has 1 aliphatic carbocycles. The highest BCUT2D eigenvalue weighted by molar-refractivity contribution is 8.13. The van der Waals surface area contributed by atoms with Gasteiger partial charge in [-0.2, -0.15) is 0 Å².